The number of aryl methyl sites for hydroxylation is 2. The topological polar surface area (TPSA) is 51.3 Å². The van der Waals surface area contributed by atoms with Crippen molar-refractivity contribution in [3.63, 3.8) is 0 Å². The van der Waals surface area contributed by atoms with Crippen molar-refractivity contribution >= 4 is 5.91 Å². The Morgan fingerprint density at radius 1 is 1.50 bits per heavy atom. The van der Waals surface area contributed by atoms with Crippen LogP contribution in [0.1, 0.15) is 54.7 Å². The van der Waals surface area contributed by atoms with Crippen molar-refractivity contribution in [1.29, 1.82) is 0 Å². The standard InChI is InChI=1S/C17H23N3O2/c1-4-20-15(11-13(3)18-20)17(21)19-8-7-12(2)10-14(19)16-6-5-9-22-16/h5-6,9,11-12,14H,4,7-8,10H2,1-3H3/t12-,14+/m1/s1. The third-order valence-corrected chi connectivity index (χ3v) is 4.42. The van der Waals surface area contributed by atoms with Gasteiger partial charge >= 0.3 is 0 Å². The van der Waals surface area contributed by atoms with Gasteiger partial charge in [-0.3, -0.25) is 9.48 Å². The Kier molecular flexibility index (Phi) is 4.05. The Labute approximate surface area is 130 Å². The van der Waals surface area contributed by atoms with E-state index >= 15 is 0 Å². The number of carbonyl (C=O) groups excluding carboxylic acids is 1. The molecule has 1 aliphatic heterocycles. The number of rotatable bonds is 3. The predicted molar refractivity (Wildman–Crippen MR) is 83.5 cm³/mol. The fraction of sp³-hybridized carbons (Fsp3) is 0.529. The first-order valence-corrected chi connectivity index (χ1v) is 7.99. The molecule has 5 nitrogen and oxygen atoms in total. The molecule has 0 saturated carbocycles. The second-order valence-corrected chi connectivity index (χ2v) is 6.15. The molecule has 0 N–H and O–H groups in total. The molecule has 0 radical (unpaired) electrons. The summed E-state index contributed by atoms with van der Waals surface area (Å²) in [5, 5.41) is 4.39. The minimum atomic E-state index is 0.0202. The molecule has 1 saturated heterocycles. The molecule has 1 amide bonds. The van der Waals surface area contributed by atoms with Crippen LogP contribution in [0.15, 0.2) is 28.9 Å². The Bertz CT molecular complexity index is 645. The first kappa shape index (κ1) is 14.9. The number of piperidine rings is 1. The number of likely N-dealkylation sites (tertiary alicyclic amines) is 1. The number of amides is 1. The number of aromatic nitrogens is 2. The number of furan rings is 1. The maximum Gasteiger partial charge on any atom is 0.272 e. The fourth-order valence-corrected chi connectivity index (χ4v) is 3.24. The summed E-state index contributed by atoms with van der Waals surface area (Å²) in [4.78, 5) is 15.0. The smallest absolute Gasteiger partial charge is 0.272 e. The van der Waals surface area contributed by atoms with Crippen LogP contribution in [0.3, 0.4) is 0 Å². The Hall–Kier alpha value is -2.04. The average Bonchev–Trinajstić information content (AvgIpc) is 3.15. The second-order valence-electron chi connectivity index (χ2n) is 6.15. The summed E-state index contributed by atoms with van der Waals surface area (Å²) >= 11 is 0. The van der Waals surface area contributed by atoms with Gasteiger partial charge in [0.25, 0.3) is 5.91 Å². The van der Waals surface area contributed by atoms with E-state index in [9.17, 15) is 4.79 Å². The van der Waals surface area contributed by atoms with Gasteiger partial charge in [0.15, 0.2) is 0 Å². The highest BCUT2D eigenvalue weighted by atomic mass is 16.3. The quantitative estimate of drug-likeness (QED) is 0.873. The molecule has 0 bridgehead atoms. The minimum Gasteiger partial charge on any atom is -0.467 e. The van der Waals surface area contributed by atoms with Crippen LogP contribution in [0.25, 0.3) is 0 Å². The summed E-state index contributed by atoms with van der Waals surface area (Å²) in [6, 6.07) is 5.75. The highest BCUT2D eigenvalue weighted by Crippen LogP contribution is 2.35. The predicted octanol–water partition coefficient (Wildman–Crippen LogP) is 3.42. The summed E-state index contributed by atoms with van der Waals surface area (Å²) in [6.07, 6.45) is 3.65. The summed E-state index contributed by atoms with van der Waals surface area (Å²) in [5.41, 5.74) is 1.55. The lowest BCUT2D eigenvalue weighted by atomic mass is 9.91. The maximum atomic E-state index is 13.0. The molecule has 2 aromatic rings. The van der Waals surface area contributed by atoms with Gasteiger partial charge in [0.1, 0.15) is 11.5 Å². The minimum absolute atomic E-state index is 0.0202. The van der Waals surface area contributed by atoms with E-state index in [2.05, 4.69) is 12.0 Å². The molecule has 1 fully saturated rings. The molecule has 22 heavy (non-hydrogen) atoms. The number of hydrogen-bond donors (Lipinski definition) is 0. The molecule has 2 aromatic heterocycles. The van der Waals surface area contributed by atoms with Gasteiger partial charge in [0, 0.05) is 13.1 Å². The SMILES string of the molecule is CCn1nc(C)cc1C(=O)N1CC[C@@H](C)C[C@H]1c1ccco1. The van der Waals surface area contributed by atoms with Gasteiger partial charge in [0.2, 0.25) is 0 Å². The highest BCUT2D eigenvalue weighted by Gasteiger charge is 2.34. The maximum absolute atomic E-state index is 13.0. The number of carbonyl (C=O) groups is 1. The Balaban J connectivity index is 1.92. The summed E-state index contributed by atoms with van der Waals surface area (Å²) in [5.74, 6) is 1.52. The zero-order valence-corrected chi connectivity index (χ0v) is 13.5. The summed E-state index contributed by atoms with van der Waals surface area (Å²) in [6.45, 7) is 7.62. The second kappa shape index (κ2) is 5.99. The molecule has 1 aliphatic rings. The van der Waals surface area contributed by atoms with E-state index in [-0.39, 0.29) is 11.9 Å². The van der Waals surface area contributed by atoms with Crippen molar-refractivity contribution in [2.45, 2.75) is 46.2 Å². The highest BCUT2D eigenvalue weighted by molar-refractivity contribution is 5.93. The number of hydrogen-bond acceptors (Lipinski definition) is 3. The molecule has 0 aromatic carbocycles. The van der Waals surface area contributed by atoms with Crippen molar-refractivity contribution < 1.29 is 9.21 Å². The lowest BCUT2D eigenvalue weighted by Gasteiger charge is -2.37. The van der Waals surface area contributed by atoms with Crippen LogP contribution in [-0.4, -0.2) is 27.1 Å². The first-order valence-electron chi connectivity index (χ1n) is 7.99. The first-order chi connectivity index (χ1) is 10.6. The largest absolute Gasteiger partial charge is 0.467 e. The molecular formula is C17H23N3O2. The van der Waals surface area contributed by atoms with E-state index in [0.29, 0.717) is 18.2 Å². The van der Waals surface area contributed by atoms with Crippen LogP contribution in [-0.2, 0) is 6.54 Å². The molecule has 2 atom stereocenters. The zero-order valence-electron chi connectivity index (χ0n) is 13.5. The van der Waals surface area contributed by atoms with Crippen molar-refractivity contribution in [3.8, 4) is 0 Å². The van der Waals surface area contributed by atoms with E-state index in [4.69, 9.17) is 4.42 Å². The lowest BCUT2D eigenvalue weighted by molar-refractivity contribution is 0.0508. The molecular weight excluding hydrogens is 278 g/mol. The lowest BCUT2D eigenvalue weighted by Crippen LogP contribution is -2.41. The van der Waals surface area contributed by atoms with Crippen molar-refractivity contribution in [2.24, 2.45) is 5.92 Å². The van der Waals surface area contributed by atoms with E-state index < -0.39 is 0 Å². The Morgan fingerprint density at radius 2 is 2.32 bits per heavy atom. The van der Waals surface area contributed by atoms with Crippen LogP contribution in [0.2, 0.25) is 0 Å². The van der Waals surface area contributed by atoms with Crippen LogP contribution in [0, 0.1) is 12.8 Å². The van der Waals surface area contributed by atoms with E-state index in [0.717, 1.165) is 30.8 Å². The average molecular weight is 301 g/mol. The summed E-state index contributed by atoms with van der Waals surface area (Å²) in [7, 11) is 0. The third-order valence-electron chi connectivity index (χ3n) is 4.42. The van der Waals surface area contributed by atoms with E-state index in [1.807, 2.05) is 36.9 Å². The monoisotopic (exact) mass is 301 g/mol. The van der Waals surface area contributed by atoms with Gasteiger partial charge in [0.05, 0.1) is 18.0 Å². The summed E-state index contributed by atoms with van der Waals surface area (Å²) < 4.78 is 7.37. The normalized spacial score (nSPS) is 22.0. The molecule has 3 heterocycles. The molecule has 0 unspecified atom stereocenters. The molecule has 118 valence electrons. The van der Waals surface area contributed by atoms with Gasteiger partial charge < -0.3 is 9.32 Å². The van der Waals surface area contributed by atoms with E-state index in [1.54, 1.807) is 10.9 Å². The van der Waals surface area contributed by atoms with Crippen molar-refractivity contribution in [2.75, 3.05) is 6.54 Å². The molecule has 5 heteroatoms. The third kappa shape index (κ3) is 2.67. The van der Waals surface area contributed by atoms with Gasteiger partial charge in [-0.05, 0) is 50.8 Å². The van der Waals surface area contributed by atoms with Gasteiger partial charge in [-0.25, -0.2) is 0 Å². The molecule has 3 rings (SSSR count). The van der Waals surface area contributed by atoms with E-state index in [1.165, 1.54) is 0 Å². The fourth-order valence-electron chi connectivity index (χ4n) is 3.24. The van der Waals surface area contributed by atoms with Crippen molar-refractivity contribution in [1.82, 2.24) is 14.7 Å². The zero-order chi connectivity index (χ0) is 15.7. The van der Waals surface area contributed by atoms with Crippen molar-refractivity contribution in [3.05, 3.63) is 41.6 Å². The van der Waals surface area contributed by atoms with Gasteiger partial charge in [-0.15, -0.1) is 0 Å². The van der Waals surface area contributed by atoms with Crippen LogP contribution >= 0.6 is 0 Å². The van der Waals surface area contributed by atoms with Gasteiger partial charge in [-0.2, -0.15) is 5.10 Å². The Morgan fingerprint density at radius 3 is 3.00 bits per heavy atom. The number of nitrogens with zero attached hydrogens (tertiary/aromatic N) is 3. The molecule has 0 spiro atoms. The van der Waals surface area contributed by atoms with Crippen LogP contribution < -0.4 is 0 Å². The van der Waals surface area contributed by atoms with Crippen LogP contribution in [0.4, 0.5) is 0 Å². The molecule has 0 aliphatic carbocycles. The van der Waals surface area contributed by atoms with Gasteiger partial charge in [-0.1, -0.05) is 6.92 Å². The van der Waals surface area contributed by atoms with Crippen LogP contribution in [0.5, 0.6) is 0 Å².